The van der Waals surface area contributed by atoms with Crippen molar-refractivity contribution in [1.82, 2.24) is 5.32 Å². The summed E-state index contributed by atoms with van der Waals surface area (Å²) in [7, 11) is 3.06. The molecule has 0 spiro atoms. The van der Waals surface area contributed by atoms with Gasteiger partial charge in [-0.15, -0.1) is 0 Å². The molecule has 0 bridgehead atoms. The molecule has 1 unspecified atom stereocenters. The molecule has 5 nitrogen and oxygen atoms in total. The summed E-state index contributed by atoms with van der Waals surface area (Å²) in [5, 5.41) is 14.9. The Kier molecular flexibility index (Phi) is 7.21. The maximum absolute atomic E-state index is 11.8. The third-order valence-electron chi connectivity index (χ3n) is 4.91. The van der Waals surface area contributed by atoms with Crippen LogP contribution in [0.5, 0.6) is 0 Å². The number of methoxy groups -OCH3 is 2. The molecular formula is C19H29NO4. The second kappa shape index (κ2) is 9.16. The van der Waals surface area contributed by atoms with Crippen molar-refractivity contribution in [2.45, 2.75) is 37.7 Å². The first kappa shape index (κ1) is 18.9. The van der Waals surface area contributed by atoms with Crippen LogP contribution >= 0.6 is 0 Å². The van der Waals surface area contributed by atoms with E-state index < -0.39 is 5.60 Å². The second-order valence-corrected chi connectivity index (χ2v) is 6.49. The van der Waals surface area contributed by atoms with Crippen molar-refractivity contribution < 1.29 is 19.4 Å². The highest BCUT2D eigenvalue weighted by Crippen LogP contribution is 2.38. The number of nitrogens with one attached hydrogen (secondary N) is 1. The van der Waals surface area contributed by atoms with Crippen LogP contribution in [0.1, 0.15) is 48.0 Å². The monoisotopic (exact) mass is 335 g/mol. The molecule has 1 fully saturated rings. The van der Waals surface area contributed by atoms with Crippen LogP contribution in [-0.2, 0) is 15.1 Å². The molecule has 2 atom stereocenters. The van der Waals surface area contributed by atoms with Crippen molar-refractivity contribution >= 4 is 5.97 Å². The smallest absolute Gasteiger partial charge is 0.337 e. The molecule has 2 rings (SSSR count). The molecule has 1 aromatic carbocycles. The maximum Gasteiger partial charge on any atom is 0.337 e. The highest BCUT2D eigenvalue weighted by molar-refractivity contribution is 5.89. The molecule has 2 N–H and O–H groups in total. The topological polar surface area (TPSA) is 67.8 Å². The van der Waals surface area contributed by atoms with Gasteiger partial charge in [-0.25, -0.2) is 4.79 Å². The largest absolute Gasteiger partial charge is 0.465 e. The van der Waals surface area contributed by atoms with Gasteiger partial charge in [0.2, 0.25) is 0 Å². The first-order valence-electron chi connectivity index (χ1n) is 8.72. The number of aliphatic hydroxyl groups is 1. The minimum absolute atomic E-state index is 0.140. The first-order valence-corrected chi connectivity index (χ1v) is 8.72. The van der Waals surface area contributed by atoms with Crippen molar-refractivity contribution in [2.24, 2.45) is 5.92 Å². The zero-order valence-electron chi connectivity index (χ0n) is 14.7. The average Bonchev–Trinajstić information content (AvgIpc) is 2.65. The molecule has 1 aliphatic rings. The van der Waals surface area contributed by atoms with Gasteiger partial charge >= 0.3 is 5.97 Å². The van der Waals surface area contributed by atoms with E-state index in [1.807, 2.05) is 12.1 Å². The highest BCUT2D eigenvalue weighted by atomic mass is 16.5. The minimum atomic E-state index is -0.939. The van der Waals surface area contributed by atoms with Crippen LogP contribution in [0, 0.1) is 5.92 Å². The third kappa shape index (κ3) is 4.56. The van der Waals surface area contributed by atoms with Gasteiger partial charge in [0.05, 0.1) is 18.3 Å². The van der Waals surface area contributed by atoms with E-state index in [1.165, 1.54) is 7.11 Å². The van der Waals surface area contributed by atoms with Crippen LogP contribution in [0.3, 0.4) is 0 Å². The summed E-state index contributed by atoms with van der Waals surface area (Å²) in [6, 6.07) is 7.23. The fourth-order valence-corrected chi connectivity index (χ4v) is 3.52. The Morgan fingerprint density at radius 3 is 2.88 bits per heavy atom. The zero-order chi connectivity index (χ0) is 17.4. The SMILES string of the molecule is COCCCC[C@@](O)(c1cccc(C(=O)OC)c1)C1CCCNC1. The molecule has 1 aromatic rings. The van der Waals surface area contributed by atoms with Crippen LogP contribution in [0.25, 0.3) is 0 Å². The summed E-state index contributed by atoms with van der Waals surface area (Å²) in [5.74, 6) is -0.234. The molecule has 134 valence electrons. The Morgan fingerprint density at radius 2 is 2.21 bits per heavy atom. The van der Waals surface area contributed by atoms with Crippen molar-refractivity contribution in [2.75, 3.05) is 33.9 Å². The Balaban J connectivity index is 2.25. The zero-order valence-corrected chi connectivity index (χ0v) is 14.7. The minimum Gasteiger partial charge on any atom is -0.465 e. The number of piperidine rings is 1. The van der Waals surface area contributed by atoms with E-state index in [2.05, 4.69) is 5.32 Å². The maximum atomic E-state index is 11.8. The normalized spacial score (nSPS) is 20.4. The molecule has 0 aromatic heterocycles. The van der Waals surface area contributed by atoms with Gasteiger partial charge in [-0.3, -0.25) is 0 Å². The van der Waals surface area contributed by atoms with E-state index in [0.717, 1.165) is 44.3 Å². The van der Waals surface area contributed by atoms with Gasteiger partial charge in [0, 0.05) is 26.2 Å². The van der Waals surface area contributed by atoms with Crippen LogP contribution in [0.2, 0.25) is 0 Å². The van der Waals surface area contributed by atoms with Crippen molar-refractivity contribution in [3.63, 3.8) is 0 Å². The fourth-order valence-electron chi connectivity index (χ4n) is 3.52. The second-order valence-electron chi connectivity index (χ2n) is 6.49. The van der Waals surface area contributed by atoms with Gasteiger partial charge in [-0.1, -0.05) is 12.1 Å². The summed E-state index contributed by atoms with van der Waals surface area (Å²) in [6.07, 6.45) is 4.49. The van der Waals surface area contributed by atoms with Crippen molar-refractivity contribution in [3.05, 3.63) is 35.4 Å². The van der Waals surface area contributed by atoms with E-state index >= 15 is 0 Å². The molecule has 0 aliphatic carbocycles. The average molecular weight is 335 g/mol. The first-order chi connectivity index (χ1) is 11.6. The van der Waals surface area contributed by atoms with Crippen LogP contribution in [0.15, 0.2) is 24.3 Å². The molecule has 1 aliphatic heterocycles. The number of benzene rings is 1. The van der Waals surface area contributed by atoms with Gasteiger partial charge in [0.15, 0.2) is 0 Å². The number of carbonyl (C=O) groups excluding carboxylic acids is 1. The van der Waals surface area contributed by atoms with Crippen molar-refractivity contribution in [3.8, 4) is 0 Å². The lowest BCUT2D eigenvalue weighted by Gasteiger charge is -2.39. The quantitative estimate of drug-likeness (QED) is 0.564. The molecule has 5 heteroatoms. The Labute approximate surface area is 144 Å². The number of unbranched alkanes of at least 4 members (excludes halogenated alkanes) is 1. The lowest BCUT2D eigenvalue weighted by atomic mass is 9.74. The van der Waals surface area contributed by atoms with Crippen LogP contribution in [0.4, 0.5) is 0 Å². The van der Waals surface area contributed by atoms with E-state index in [1.54, 1.807) is 19.2 Å². The predicted octanol–water partition coefficient (Wildman–Crippen LogP) is 2.48. The summed E-state index contributed by atoms with van der Waals surface area (Å²) < 4.78 is 9.93. The Bertz CT molecular complexity index is 528. The van der Waals surface area contributed by atoms with E-state index in [9.17, 15) is 9.90 Å². The summed E-state index contributed by atoms with van der Waals surface area (Å²) in [5.41, 5.74) is 0.344. The third-order valence-corrected chi connectivity index (χ3v) is 4.91. The Hall–Kier alpha value is -1.43. The van der Waals surface area contributed by atoms with Crippen molar-refractivity contribution in [1.29, 1.82) is 0 Å². The molecule has 0 amide bonds. The predicted molar refractivity (Wildman–Crippen MR) is 93.0 cm³/mol. The Morgan fingerprint density at radius 1 is 1.38 bits per heavy atom. The van der Waals surface area contributed by atoms with Gasteiger partial charge in [-0.2, -0.15) is 0 Å². The van der Waals surface area contributed by atoms with Crippen LogP contribution < -0.4 is 5.32 Å². The standard InChI is InChI=1S/C19H29NO4/c1-23-12-4-3-10-19(22,17-9-6-11-20-14-17)16-8-5-7-15(13-16)18(21)24-2/h5,7-8,13,17,20,22H,3-4,6,9-12,14H2,1-2H3/t17?,19-/m1/s1. The molecule has 0 radical (unpaired) electrons. The lowest BCUT2D eigenvalue weighted by Crippen LogP contribution is -2.44. The summed E-state index contributed by atoms with van der Waals surface area (Å²) in [6.45, 7) is 2.49. The number of esters is 1. The molecule has 24 heavy (non-hydrogen) atoms. The fraction of sp³-hybridized carbons (Fsp3) is 0.632. The van der Waals surface area contributed by atoms with E-state index in [4.69, 9.17) is 9.47 Å². The van der Waals surface area contributed by atoms with Crippen LogP contribution in [-0.4, -0.2) is 45.0 Å². The highest BCUT2D eigenvalue weighted by Gasteiger charge is 2.38. The summed E-state index contributed by atoms with van der Waals surface area (Å²) >= 11 is 0. The number of hydrogen-bond acceptors (Lipinski definition) is 5. The lowest BCUT2D eigenvalue weighted by molar-refractivity contribution is -0.0434. The number of hydrogen-bond donors (Lipinski definition) is 2. The van der Waals surface area contributed by atoms with Gasteiger partial charge in [0.25, 0.3) is 0 Å². The number of carbonyl (C=O) groups is 1. The molecule has 1 saturated heterocycles. The summed E-state index contributed by atoms with van der Waals surface area (Å²) in [4.78, 5) is 11.8. The number of rotatable bonds is 8. The van der Waals surface area contributed by atoms with E-state index in [0.29, 0.717) is 18.6 Å². The van der Waals surface area contributed by atoms with Gasteiger partial charge in [-0.05, 0) is 56.3 Å². The van der Waals surface area contributed by atoms with E-state index in [-0.39, 0.29) is 11.9 Å². The van der Waals surface area contributed by atoms with Gasteiger partial charge < -0.3 is 19.9 Å². The molecular weight excluding hydrogens is 306 g/mol. The van der Waals surface area contributed by atoms with Gasteiger partial charge in [0.1, 0.15) is 0 Å². The molecule has 0 saturated carbocycles. The molecule has 1 heterocycles. The number of ether oxygens (including phenoxy) is 2.